The lowest BCUT2D eigenvalue weighted by molar-refractivity contribution is -0.232. The molecule has 324 valence electrons. The summed E-state index contributed by atoms with van der Waals surface area (Å²) >= 11 is 0. The number of fused-ring (bicyclic) bond motifs is 7. The maximum absolute atomic E-state index is 14.4. The monoisotopic (exact) mass is 815 g/mol. The van der Waals surface area contributed by atoms with Gasteiger partial charge in [-0.25, -0.2) is 0 Å². The summed E-state index contributed by atoms with van der Waals surface area (Å²) in [6.45, 7) is 21.1. The first kappa shape index (κ1) is 43.4. The fourth-order valence-electron chi connectivity index (χ4n) is 13.6. The molecule has 0 saturated heterocycles. The van der Waals surface area contributed by atoms with Crippen LogP contribution in [0.4, 0.5) is 11.7 Å². The van der Waals surface area contributed by atoms with E-state index in [9.17, 15) is 19.5 Å². The van der Waals surface area contributed by atoms with Crippen LogP contribution in [0, 0.1) is 50.7 Å². The lowest BCUT2D eigenvalue weighted by atomic mass is 9.33. The minimum absolute atomic E-state index is 0.0243. The number of nitrogens with zero attached hydrogens (tertiary/aromatic N) is 4. The van der Waals surface area contributed by atoms with Crippen LogP contribution in [-0.2, 0) is 24.5 Å². The van der Waals surface area contributed by atoms with E-state index in [0.29, 0.717) is 36.7 Å². The van der Waals surface area contributed by atoms with Gasteiger partial charge in [0, 0.05) is 30.6 Å². The van der Waals surface area contributed by atoms with Crippen molar-refractivity contribution in [1.82, 2.24) is 15.1 Å². The van der Waals surface area contributed by atoms with Gasteiger partial charge in [0.1, 0.15) is 11.9 Å². The third kappa shape index (κ3) is 6.84. The Balaban J connectivity index is 1.20. The second-order valence-corrected chi connectivity index (χ2v) is 21.5. The van der Waals surface area contributed by atoms with Gasteiger partial charge in [-0.3, -0.25) is 19.3 Å². The average Bonchev–Trinajstić information content (AvgIpc) is 3.76. The summed E-state index contributed by atoms with van der Waals surface area (Å²) in [5.74, 6) is 1.27. The van der Waals surface area contributed by atoms with E-state index in [1.54, 1.807) is 21.0 Å². The van der Waals surface area contributed by atoms with Crippen molar-refractivity contribution in [2.75, 3.05) is 39.2 Å². The topological polar surface area (TPSA) is 135 Å². The van der Waals surface area contributed by atoms with Gasteiger partial charge in [0.25, 0.3) is 0 Å². The molecule has 4 fully saturated rings. The zero-order chi connectivity index (χ0) is 43.1. The van der Waals surface area contributed by atoms with Gasteiger partial charge in [0.15, 0.2) is 5.78 Å². The molecule has 0 amide bonds. The Morgan fingerprint density at radius 2 is 1.61 bits per heavy atom. The van der Waals surface area contributed by atoms with Crippen molar-refractivity contribution in [3.05, 3.63) is 41.3 Å². The van der Waals surface area contributed by atoms with Gasteiger partial charge in [0.05, 0.1) is 24.4 Å². The quantitative estimate of drug-likeness (QED) is 0.205. The van der Waals surface area contributed by atoms with Crippen LogP contribution in [0.15, 0.2) is 39.8 Å². The van der Waals surface area contributed by atoms with E-state index < -0.39 is 22.8 Å². The van der Waals surface area contributed by atoms with Crippen molar-refractivity contribution in [2.24, 2.45) is 50.7 Å². The van der Waals surface area contributed by atoms with E-state index in [0.717, 1.165) is 74.9 Å². The number of carbonyl (C=O) groups excluding carboxylic acids is 2. The summed E-state index contributed by atoms with van der Waals surface area (Å²) in [7, 11) is 5.77. The Morgan fingerprint density at radius 1 is 0.915 bits per heavy atom. The Morgan fingerprint density at radius 3 is 2.24 bits per heavy atom. The first-order valence-corrected chi connectivity index (χ1v) is 22.2. The molecule has 7 rings (SSSR count). The van der Waals surface area contributed by atoms with Crippen molar-refractivity contribution in [1.29, 1.82) is 0 Å². The van der Waals surface area contributed by atoms with Crippen molar-refractivity contribution in [3.63, 3.8) is 0 Å². The van der Waals surface area contributed by atoms with Gasteiger partial charge in [-0.15, -0.1) is 5.10 Å². The molecule has 1 aromatic carbocycles. The molecule has 59 heavy (non-hydrogen) atoms. The van der Waals surface area contributed by atoms with Crippen LogP contribution in [0.5, 0.6) is 5.75 Å². The molecular formula is C48H70N4O7. The van der Waals surface area contributed by atoms with E-state index in [2.05, 4.69) is 72.4 Å². The number of ether oxygens (including phenoxy) is 2. The highest BCUT2D eigenvalue weighted by molar-refractivity contribution is 6.01. The number of carboxylic acids is 1. The van der Waals surface area contributed by atoms with Crippen LogP contribution in [0.25, 0.3) is 0 Å². The van der Waals surface area contributed by atoms with Crippen LogP contribution in [0.1, 0.15) is 132 Å². The van der Waals surface area contributed by atoms with Crippen molar-refractivity contribution in [3.8, 4) is 5.75 Å². The number of allylic oxidation sites excluding steroid dienone is 2. The molecular weight excluding hydrogens is 745 g/mol. The highest BCUT2D eigenvalue weighted by Gasteiger charge is 2.71. The van der Waals surface area contributed by atoms with Crippen molar-refractivity contribution < 1.29 is 33.4 Å². The minimum atomic E-state index is -1.17. The number of hydrogen-bond donors (Lipinski definition) is 1. The molecule has 0 spiro atoms. The van der Waals surface area contributed by atoms with Gasteiger partial charge < -0.3 is 23.9 Å². The molecule has 5 aliphatic carbocycles. The van der Waals surface area contributed by atoms with E-state index in [1.807, 2.05) is 24.3 Å². The van der Waals surface area contributed by atoms with E-state index >= 15 is 0 Å². The second kappa shape index (κ2) is 15.0. The number of likely N-dealkylation sites (N-methyl/N-ethyl adjacent to an activating group) is 1. The van der Waals surface area contributed by atoms with Crippen LogP contribution < -0.4 is 9.64 Å². The maximum atomic E-state index is 14.4. The SMILES string of the molecule is COc1ccc(N(CCN(C)C)c2nnc([C@@]34CC[C@]5(C)[C@H](CC[C@@H]6[C@@]7(C)CC[C@H](OC(=O)CC(C)(C)C(=O)O)C(C)(C)[C@@H]7CC[C@]65C)C3=C(C(C)C)C(=O)C4)o2)cc1. The lowest BCUT2D eigenvalue weighted by Gasteiger charge is -2.72. The fourth-order valence-corrected chi connectivity index (χ4v) is 13.6. The number of esters is 1. The van der Waals surface area contributed by atoms with Crippen LogP contribution in [0.2, 0.25) is 0 Å². The Hall–Kier alpha value is -3.73. The standard InChI is InChI=1S/C48H70N4O7/c1-29(2)38-33(53)27-48(40-49-50-42(59-40)52(26-25-51(10)11)30-13-15-31(57-12)16-14-30)24-23-46(8)32(39(38)48)17-18-35-45(7)21-20-36(58-37(54)28-43(3,4)41(55)56)44(5,6)34(45)19-22-47(35,46)9/h13-16,29,32,34-36H,17-28H2,1-12H3,(H,55,56)/t32-,34+,35-,36+,45+,46-,47-,48-/m1/s1. The number of hydrogen-bond acceptors (Lipinski definition) is 10. The molecule has 4 saturated carbocycles. The molecule has 11 heteroatoms. The lowest BCUT2D eigenvalue weighted by Crippen LogP contribution is -2.66. The van der Waals surface area contributed by atoms with Gasteiger partial charge in [-0.05, 0) is 155 Å². The number of ketones is 1. The highest BCUT2D eigenvalue weighted by atomic mass is 16.5. The van der Waals surface area contributed by atoms with Gasteiger partial charge in [-0.2, -0.15) is 0 Å². The zero-order valence-corrected chi connectivity index (χ0v) is 37.9. The second-order valence-electron chi connectivity index (χ2n) is 21.5. The molecule has 1 heterocycles. The Bertz CT molecular complexity index is 1980. The number of carbonyl (C=O) groups is 3. The van der Waals surface area contributed by atoms with E-state index in [1.165, 1.54) is 5.57 Å². The zero-order valence-electron chi connectivity index (χ0n) is 37.9. The molecule has 11 nitrogen and oxygen atoms in total. The molecule has 0 bridgehead atoms. The maximum Gasteiger partial charge on any atom is 0.322 e. The van der Waals surface area contributed by atoms with Crippen LogP contribution in [-0.4, -0.2) is 78.3 Å². The first-order chi connectivity index (χ1) is 27.6. The number of rotatable bonds is 12. The number of Topliss-reactive ketones (excluding diaryl/α,β-unsaturated/α-hetero) is 1. The average molecular weight is 815 g/mol. The number of benzene rings is 1. The third-order valence-corrected chi connectivity index (χ3v) is 17.0. The van der Waals surface area contributed by atoms with Gasteiger partial charge in [-0.1, -0.05) is 53.6 Å². The fraction of sp³-hybridized carbons (Fsp3) is 0.729. The molecule has 8 atom stereocenters. The molecule has 5 aliphatic rings. The third-order valence-electron chi connectivity index (χ3n) is 17.0. The molecule has 2 aromatic rings. The first-order valence-electron chi connectivity index (χ1n) is 22.2. The van der Waals surface area contributed by atoms with Gasteiger partial charge >= 0.3 is 18.0 Å². The predicted octanol–water partition coefficient (Wildman–Crippen LogP) is 9.42. The van der Waals surface area contributed by atoms with Gasteiger partial charge in [0.2, 0.25) is 5.89 Å². The number of aliphatic carboxylic acids is 1. The smallest absolute Gasteiger partial charge is 0.322 e. The number of anilines is 2. The molecule has 0 aliphatic heterocycles. The number of methoxy groups -OCH3 is 1. The highest BCUT2D eigenvalue weighted by Crippen LogP contribution is 2.77. The van der Waals surface area contributed by atoms with E-state index in [4.69, 9.17) is 24.1 Å². The van der Waals surface area contributed by atoms with Crippen molar-refractivity contribution >= 4 is 29.4 Å². The van der Waals surface area contributed by atoms with Crippen LogP contribution in [0.3, 0.4) is 0 Å². The Labute approximate surface area is 352 Å². The summed E-state index contributed by atoms with van der Waals surface area (Å²) in [6, 6.07) is 8.36. The predicted molar refractivity (Wildman–Crippen MR) is 227 cm³/mol. The molecule has 0 unspecified atom stereocenters. The summed E-state index contributed by atoms with van der Waals surface area (Å²) in [4.78, 5) is 43.6. The summed E-state index contributed by atoms with van der Waals surface area (Å²) in [6.07, 6.45) is 7.66. The summed E-state index contributed by atoms with van der Waals surface area (Å²) < 4.78 is 18.5. The largest absolute Gasteiger partial charge is 0.497 e. The number of aromatic nitrogens is 2. The normalized spacial score (nSPS) is 33.9. The van der Waals surface area contributed by atoms with Crippen molar-refractivity contribution in [2.45, 2.75) is 138 Å². The Kier molecular flexibility index (Phi) is 11.0. The summed E-state index contributed by atoms with van der Waals surface area (Å²) in [5.41, 5.74) is 1.16. The minimum Gasteiger partial charge on any atom is -0.497 e. The molecule has 1 aromatic heterocycles. The van der Waals surface area contributed by atoms with Crippen LogP contribution >= 0.6 is 0 Å². The molecule has 0 radical (unpaired) electrons. The molecule has 1 N–H and O–H groups in total. The summed E-state index contributed by atoms with van der Waals surface area (Å²) in [5, 5.41) is 19.2. The van der Waals surface area contributed by atoms with E-state index in [-0.39, 0.29) is 51.8 Å². The number of carboxylic acid groups (broad SMARTS) is 1.